The van der Waals surface area contributed by atoms with E-state index in [0.717, 1.165) is 12.0 Å². The minimum Gasteiger partial charge on any atom is -0.493 e. The first-order valence-electron chi connectivity index (χ1n) is 5.83. The van der Waals surface area contributed by atoms with Gasteiger partial charge in [-0.3, -0.25) is 0 Å². The van der Waals surface area contributed by atoms with Crippen molar-refractivity contribution in [3.8, 4) is 11.5 Å². The number of benzene rings is 1. The Kier molecular flexibility index (Phi) is 5.77. The van der Waals surface area contributed by atoms with Gasteiger partial charge in [-0.25, -0.2) is 4.39 Å². The number of ether oxygens (including phenoxy) is 2. The minimum absolute atomic E-state index is 0.0364. The van der Waals surface area contributed by atoms with Crippen LogP contribution in [-0.4, -0.2) is 26.4 Å². The summed E-state index contributed by atoms with van der Waals surface area (Å²) in [6, 6.07) is 5.70. The zero-order chi connectivity index (χ0) is 12.7. The van der Waals surface area contributed by atoms with Gasteiger partial charge >= 0.3 is 0 Å². The summed E-state index contributed by atoms with van der Waals surface area (Å²) in [5.74, 6) is 1.23. The highest BCUT2D eigenvalue weighted by molar-refractivity contribution is 5.47. The van der Waals surface area contributed by atoms with Crippen LogP contribution < -0.4 is 15.2 Å². The lowest BCUT2D eigenvalue weighted by Crippen LogP contribution is -2.22. The highest BCUT2D eigenvalue weighted by Gasteiger charge is 2.12. The van der Waals surface area contributed by atoms with Gasteiger partial charge in [0.05, 0.1) is 7.11 Å². The third-order valence-corrected chi connectivity index (χ3v) is 2.61. The molecule has 96 valence electrons. The topological polar surface area (TPSA) is 44.5 Å². The molecule has 0 aliphatic carbocycles. The van der Waals surface area contributed by atoms with E-state index >= 15 is 0 Å². The third-order valence-electron chi connectivity index (χ3n) is 2.61. The highest BCUT2D eigenvalue weighted by Crippen LogP contribution is 2.31. The van der Waals surface area contributed by atoms with Crippen LogP contribution in [0.25, 0.3) is 0 Å². The molecule has 2 N–H and O–H groups in total. The zero-order valence-corrected chi connectivity index (χ0v) is 10.4. The summed E-state index contributed by atoms with van der Waals surface area (Å²) in [6.07, 6.45) is 1.59. The van der Waals surface area contributed by atoms with E-state index in [0.29, 0.717) is 17.9 Å². The number of hydrogen-bond donors (Lipinski definition) is 1. The molecule has 0 spiro atoms. The molecule has 3 nitrogen and oxygen atoms in total. The molecule has 0 aliphatic rings. The summed E-state index contributed by atoms with van der Waals surface area (Å²) >= 11 is 0. The first kappa shape index (κ1) is 13.8. The van der Waals surface area contributed by atoms with Crippen LogP contribution in [0.2, 0.25) is 0 Å². The molecule has 0 saturated heterocycles. The highest BCUT2D eigenvalue weighted by atomic mass is 19.1. The van der Waals surface area contributed by atoms with Crippen LogP contribution in [-0.2, 0) is 6.42 Å². The fourth-order valence-corrected chi connectivity index (χ4v) is 1.61. The number of para-hydroxylation sites is 1. The lowest BCUT2D eigenvalue weighted by molar-refractivity contribution is 0.257. The van der Waals surface area contributed by atoms with Gasteiger partial charge in [0, 0.05) is 6.04 Å². The van der Waals surface area contributed by atoms with Crippen molar-refractivity contribution in [1.82, 2.24) is 0 Å². The number of rotatable bonds is 7. The van der Waals surface area contributed by atoms with Crippen LogP contribution in [0.15, 0.2) is 18.2 Å². The van der Waals surface area contributed by atoms with E-state index in [1.807, 2.05) is 19.1 Å². The predicted octanol–water partition coefficient (Wildman–Crippen LogP) is 2.32. The lowest BCUT2D eigenvalue weighted by Gasteiger charge is -2.16. The van der Waals surface area contributed by atoms with E-state index in [1.54, 1.807) is 13.2 Å². The first-order chi connectivity index (χ1) is 8.22. The monoisotopic (exact) mass is 241 g/mol. The Morgan fingerprint density at radius 3 is 2.76 bits per heavy atom. The molecule has 0 aromatic heterocycles. The molecule has 0 amide bonds. The second-order valence-electron chi connectivity index (χ2n) is 3.86. The molecule has 1 atom stereocenters. The van der Waals surface area contributed by atoms with Crippen molar-refractivity contribution in [3.05, 3.63) is 23.8 Å². The van der Waals surface area contributed by atoms with Gasteiger partial charge in [0.1, 0.15) is 13.3 Å². The molecule has 0 bridgehead atoms. The van der Waals surface area contributed by atoms with Crippen LogP contribution >= 0.6 is 0 Å². The fraction of sp³-hybridized carbons (Fsp3) is 0.538. The van der Waals surface area contributed by atoms with Crippen LogP contribution in [0.4, 0.5) is 4.39 Å². The van der Waals surface area contributed by atoms with Gasteiger partial charge in [-0.1, -0.05) is 19.1 Å². The summed E-state index contributed by atoms with van der Waals surface area (Å²) in [7, 11) is 1.57. The Morgan fingerprint density at radius 1 is 1.41 bits per heavy atom. The van der Waals surface area contributed by atoms with E-state index in [4.69, 9.17) is 15.2 Å². The second kappa shape index (κ2) is 7.12. The Balaban J connectivity index is 2.92. The average molecular weight is 241 g/mol. The minimum atomic E-state index is -0.517. The summed E-state index contributed by atoms with van der Waals surface area (Å²) in [6.45, 7) is 1.55. The first-order valence-corrected chi connectivity index (χ1v) is 5.83. The Morgan fingerprint density at radius 2 is 2.18 bits per heavy atom. The van der Waals surface area contributed by atoms with Gasteiger partial charge in [0.2, 0.25) is 0 Å². The zero-order valence-electron chi connectivity index (χ0n) is 10.4. The third kappa shape index (κ3) is 3.89. The van der Waals surface area contributed by atoms with Gasteiger partial charge in [0.15, 0.2) is 11.5 Å². The average Bonchev–Trinajstić information content (AvgIpc) is 2.36. The maximum absolute atomic E-state index is 12.2. The molecule has 17 heavy (non-hydrogen) atoms. The second-order valence-corrected chi connectivity index (χ2v) is 3.86. The maximum atomic E-state index is 12.2. The molecule has 0 heterocycles. The summed E-state index contributed by atoms with van der Waals surface area (Å²) < 4.78 is 22.8. The SMILES string of the molecule is CCC(N)Cc1cccc(OC)c1OCCF. The number of alkyl halides is 1. The molecule has 0 radical (unpaired) electrons. The lowest BCUT2D eigenvalue weighted by atomic mass is 10.0. The number of methoxy groups -OCH3 is 1. The van der Waals surface area contributed by atoms with Gasteiger partial charge < -0.3 is 15.2 Å². The molecule has 0 saturated carbocycles. The number of halogens is 1. The van der Waals surface area contributed by atoms with Crippen LogP contribution in [0.5, 0.6) is 11.5 Å². The van der Waals surface area contributed by atoms with Gasteiger partial charge in [0.25, 0.3) is 0 Å². The van der Waals surface area contributed by atoms with E-state index < -0.39 is 6.67 Å². The van der Waals surface area contributed by atoms with Crippen LogP contribution in [0.3, 0.4) is 0 Å². The van der Waals surface area contributed by atoms with E-state index in [-0.39, 0.29) is 12.6 Å². The van der Waals surface area contributed by atoms with Crippen LogP contribution in [0, 0.1) is 0 Å². The molecule has 1 aromatic carbocycles. The molecule has 4 heteroatoms. The number of hydrogen-bond acceptors (Lipinski definition) is 3. The molecule has 1 aromatic rings. The van der Waals surface area contributed by atoms with E-state index in [9.17, 15) is 4.39 Å². The maximum Gasteiger partial charge on any atom is 0.164 e. The number of nitrogens with two attached hydrogens (primary N) is 1. The Labute approximate surface area is 102 Å². The van der Waals surface area contributed by atoms with Gasteiger partial charge in [-0.2, -0.15) is 0 Å². The Hall–Kier alpha value is -1.29. The molecule has 0 fully saturated rings. The smallest absolute Gasteiger partial charge is 0.164 e. The van der Waals surface area contributed by atoms with Gasteiger partial charge in [-0.15, -0.1) is 0 Å². The van der Waals surface area contributed by atoms with E-state index in [1.165, 1.54) is 0 Å². The standard InChI is InChI=1S/C13H20FNO2/c1-3-11(15)9-10-5-4-6-12(16-2)13(10)17-8-7-14/h4-6,11H,3,7-9,15H2,1-2H3. The normalized spacial score (nSPS) is 12.2. The molecular formula is C13H20FNO2. The van der Waals surface area contributed by atoms with E-state index in [2.05, 4.69) is 0 Å². The predicted molar refractivity (Wildman–Crippen MR) is 66.4 cm³/mol. The van der Waals surface area contributed by atoms with Crippen molar-refractivity contribution < 1.29 is 13.9 Å². The van der Waals surface area contributed by atoms with Crippen molar-refractivity contribution >= 4 is 0 Å². The Bertz CT molecular complexity index is 344. The molecule has 1 unspecified atom stereocenters. The fourth-order valence-electron chi connectivity index (χ4n) is 1.61. The van der Waals surface area contributed by atoms with Crippen molar-refractivity contribution in [2.75, 3.05) is 20.4 Å². The van der Waals surface area contributed by atoms with Crippen molar-refractivity contribution in [2.45, 2.75) is 25.8 Å². The summed E-state index contributed by atoms with van der Waals surface area (Å²) in [4.78, 5) is 0. The van der Waals surface area contributed by atoms with Crippen molar-refractivity contribution in [1.29, 1.82) is 0 Å². The summed E-state index contributed by atoms with van der Waals surface area (Å²) in [5, 5.41) is 0. The molecular weight excluding hydrogens is 221 g/mol. The summed E-state index contributed by atoms with van der Waals surface area (Å²) in [5.41, 5.74) is 6.89. The van der Waals surface area contributed by atoms with Crippen molar-refractivity contribution in [3.63, 3.8) is 0 Å². The molecule has 1 rings (SSSR count). The molecule has 0 aliphatic heterocycles. The van der Waals surface area contributed by atoms with Gasteiger partial charge in [-0.05, 0) is 24.5 Å². The van der Waals surface area contributed by atoms with Crippen LogP contribution in [0.1, 0.15) is 18.9 Å². The quantitative estimate of drug-likeness (QED) is 0.796. The largest absolute Gasteiger partial charge is 0.493 e. The van der Waals surface area contributed by atoms with Crippen molar-refractivity contribution in [2.24, 2.45) is 5.73 Å².